The molecule has 30 heavy (non-hydrogen) atoms. The number of benzene rings is 2. The minimum Gasteiger partial charge on any atom is -0.373 e. The molecule has 5 nitrogen and oxygen atoms in total. The van der Waals surface area contributed by atoms with E-state index in [4.69, 9.17) is 16.3 Å². The van der Waals surface area contributed by atoms with Gasteiger partial charge in [-0.05, 0) is 61.2 Å². The second-order valence-electron chi connectivity index (χ2n) is 7.91. The van der Waals surface area contributed by atoms with Crippen LogP contribution in [0.15, 0.2) is 48.5 Å². The molecule has 7 heteroatoms. The van der Waals surface area contributed by atoms with Gasteiger partial charge < -0.3 is 14.5 Å². The molecule has 4 rings (SSSR count). The van der Waals surface area contributed by atoms with Crippen molar-refractivity contribution in [3.05, 3.63) is 70.5 Å². The molecule has 1 aliphatic heterocycles. The number of carbonyl (C=O) groups excluding carboxylic acids is 2. The number of ether oxygens (including phenoxy) is 1. The highest BCUT2D eigenvalue weighted by atomic mass is 35.5. The molecule has 158 valence electrons. The van der Waals surface area contributed by atoms with E-state index < -0.39 is 0 Å². The van der Waals surface area contributed by atoms with E-state index in [9.17, 15) is 14.0 Å². The van der Waals surface area contributed by atoms with E-state index in [0.717, 1.165) is 12.8 Å². The van der Waals surface area contributed by atoms with Crippen molar-refractivity contribution in [2.24, 2.45) is 5.92 Å². The highest BCUT2D eigenvalue weighted by Gasteiger charge is 2.32. The van der Waals surface area contributed by atoms with Gasteiger partial charge in [0.2, 0.25) is 0 Å². The Labute approximate surface area is 180 Å². The van der Waals surface area contributed by atoms with Crippen molar-refractivity contribution in [2.45, 2.75) is 18.9 Å². The van der Waals surface area contributed by atoms with Crippen molar-refractivity contribution in [1.82, 2.24) is 9.80 Å². The van der Waals surface area contributed by atoms with Crippen LogP contribution in [0.4, 0.5) is 4.39 Å². The van der Waals surface area contributed by atoms with Crippen LogP contribution in [0.1, 0.15) is 33.6 Å². The Morgan fingerprint density at radius 3 is 2.57 bits per heavy atom. The third-order valence-corrected chi connectivity index (χ3v) is 5.71. The molecule has 2 fully saturated rings. The molecular weight excluding hydrogens is 407 g/mol. The Bertz CT molecular complexity index is 917. The van der Waals surface area contributed by atoms with E-state index in [1.807, 2.05) is 0 Å². The van der Waals surface area contributed by atoms with Crippen molar-refractivity contribution in [3.63, 3.8) is 0 Å². The molecule has 2 aromatic carbocycles. The molecule has 1 aliphatic carbocycles. The van der Waals surface area contributed by atoms with E-state index in [0.29, 0.717) is 54.9 Å². The van der Waals surface area contributed by atoms with Gasteiger partial charge in [0.25, 0.3) is 11.8 Å². The summed E-state index contributed by atoms with van der Waals surface area (Å²) in [6, 6.07) is 12.5. The number of amides is 2. The molecule has 0 radical (unpaired) electrons. The summed E-state index contributed by atoms with van der Waals surface area (Å²) >= 11 is 6.02. The Morgan fingerprint density at radius 2 is 1.87 bits per heavy atom. The topological polar surface area (TPSA) is 49.9 Å². The van der Waals surface area contributed by atoms with Crippen LogP contribution in [0.2, 0.25) is 5.02 Å². The van der Waals surface area contributed by atoms with Gasteiger partial charge in [-0.2, -0.15) is 0 Å². The summed E-state index contributed by atoms with van der Waals surface area (Å²) in [4.78, 5) is 29.4. The molecule has 0 spiro atoms. The fourth-order valence-corrected chi connectivity index (χ4v) is 3.88. The number of rotatable bonds is 6. The summed E-state index contributed by atoms with van der Waals surface area (Å²) in [5.74, 6) is -0.0959. The summed E-state index contributed by atoms with van der Waals surface area (Å²) in [6.45, 7) is 2.36. The zero-order chi connectivity index (χ0) is 21.1. The minimum absolute atomic E-state index is 0.0931. The highest BCUT2D eigenvalue weighted by molar-refractivity contribution is 6.30. The number of hydrogen-bond acceptors (Lipinski definition) is 3. The number of hydrogen-bond donors (Lipinski definition) is 0. The Balaban J connectivity index is 1.44. The normalized spacial score (nSPS) is 18.9. The van der Waals surface area contributed by atoms with Gasteiger partial charge in [0.05, 0.1) is 12.7 Å². The Hall–Kier alpha value is -2.44. The zero-order valence-electron chi connectivity index (χ0n) is 16.6. The smallest absolute Gasteiger partial charge is 0.254 e. The minimum atomic E-state index is -0.369. The molecule has 1 atom stereocenters. The van der Waals surface area contributed by atoms with E-state index in [1.54, 1.807) is 34.1 Å². The summed E-state index contributed by atoms with van der Waals surface area (Å²) in [6.07, 6.45) is 1.95. The summed E-state index contributed by atoms with van der Waals surface area (Å²) in [5, 5.41) is 0.520. The van der Waals surface area contributed by atoms with E-state index in [1.165, 1.54) is 24.3 Å². The monoisotopic (exact) mass is 430 g/mol. The first kappa shape index (κ1) is 20.8. The maximum absolute atomic E-state index is 13.2. The molecule has 1 unspecified atom stereocenters. The SMILES string of the molecule is O=C(c1cccc(Cl)c1)N1CCOC(CN(CC2CC2)C(=O)c2ccc(F)cc2)C1. The second-order valence-corrected chi connectivity index (χ2v) is 8.35. The summed E-state index contributed by atoms with van der Waals surface area (Å²) in [5.41, 5.74) is 1.00. The number of carbonyl (C=O) groups is 2. The lowest BCUT2D eigenvalue weighted by atomic mass is 10.1. The van der Waals surface area contributed by atoms with Crippen LogP contribution in [-0.4, -0.2) is 60.5 Å². The molecule has 0 N–H and O–H groups in total. The molecule has 2 amide bonds. The van der Waals surface area contributed by atoms with Crippen molar-refractivity contribution in [1.29, 1.82) is 0 Å². The molecule has 0 aromatic heterocycles. The lowest BCUT2D eigenvalue weighted by molar-refractivity contribution is -0.0335. The number of morpholine rings is 1. The van der Waals surface area contributed by atoms with E-state index >= 15 is 0 Å². The standard InChI is InChI=1S/C23H24ClFN2O3/c24-19-3-1-2-18(12-19)23(29)26-10-11-30-21(14-26)15-27(13-16-4-5-16)22(28)17-6-8-20(25)9-7-17/h1-3,6-9,12,16,21H,4-5,10-11,13-15H2. The fraction of sp³-hybridized carbons (Fsp3) is 0.391. The molecular formula is C23H24ClFN2O3. The van der Waals surface area contributed by atoms with Crippen LogP contribution in [-0.2, 0) is 4.74 Å². The van der Waals surface area contributed by atoms with Crippen LogP contribution >= 0.6 is 11.6 Å². The van der Waals surface area contributed by atoms with Gasteiger partial charge in [-0.15, -0.1) is 0 Å². The van der Waals surface area contributed by atoms with E-state index in [-0.39, 0.29) is 23.7 Å². The van der Waals surface area contributed by atoms with Crippen LogP contribution in [0, 0.1) is 11.7 Å². The Morgan fingerprint density at radius 1 is 1.10 bits per heavy atom. The van der Waals surface area contributed by atoms with Crippen LogP contribution in [0.5, 0.6) is 0 Å². The molecule has 1 saturated carbocycles. The van der Waals surface area contributed by atoms with Crippen LogP contribution < -0.4 is 0 Å². The first-order valence-electron chi connectivity index (χ1n) is 10.2. The van der Waals surface area contributed by atoms with Crippen molar-refractivity contribution < 1.29 is 18.7 Å². The first-order chi connectivity index (χ1) is 14.5. The summed E-state index contributed by atoms with van der Waals surface area (Å²) in [7, 11) is 0. The number of nitrogens with zero attached hydrogens (tertiary/aromatic N) is 2. The van der Waals surface area contributed by atoms with Crippen LogP contribution in [0.25, 0.3) is 0 Å². The third kappa shape index (κ3) is 5.18. The predicted octanol–water partition coefficient (Wildman–Crippen LogP) is 3.87. The van der Waals surface area contributed by atoms with Gasteiger partial charge in [0, 0.05) is 42.3 Å². The largest absolute Gasteiger partial charge is 0.373 e. The molecule has 1 saturated heterocycles. The van der Waals surface area contributed by atoms with Gasteiger partial charge in [-0.25, -0.2) is 4.39 Å². The molecule has 1 heterocycles. The maximum Gasteiger partial charge on any atom is 0.254 e. The third-order valence-electron chi connectivity index (χ3n) is 5.48. The van der Waals surface area contributed by atoms with Gasteiger partial charge >= 0.3 is 0 Å². The van der Waals surface area contributed by atoms with Crippen molar-refractivity contribution >= 4 is 23.4 Å². The quantitative estimate of drug-likeness (QED) is 0.699. The van der Waals surface area contributed by atoms with Gasteiger partial charge in [-0.3, -0.25) is 9.59 Å². The molecule has 2 aliphatic rings. The number of halogens is 2. The second kappa shape index (κ2) is 9.14. The fourth-order valence-electron chi connectivity index (χ4n) is 3.69. The van der Waals surface area contributed by atoms with Crippen LogP contribution in [0.3, 0.4) is 0 Å². The van der Waals surface area contributed by atoms with Gasteiger partial charge in [-0.1, -0.05) is 17.7 Å². The van der Waals surface area contributed by atoms with E-state index in [2.05, 4.69) is 0 Å². The van der Waals surface area contributed by atoms with Crippen molar-refractivity contribution in [3.8, 4) is 0 Å². The summed E-state index contributed by atoms with van der Waals surface area (Å²) < 4.78 is 19.1. The lowest BCUT2D eigenvalue weighted by Crippen LogP contribution is -2.51. The molecule has 2 aromatic rings. The Kier molecular flexibility index (Phi) is 6.35. The van der Waals surface area contributed by atoms with Gasteiger partial charge in [0.1, 0.15) is 5.82 Å². The predicted molar refractivity (Wildman–Crippen MR) is 112 cm³/mol. The first-order valence-corrected chi connectivity index (χ1v) is 10.6. The maximum atomic E-state index is 13.2. The highest BCUT2D eigenvalue weighted by Crippen LogP contribution is 2.30. The average molecular weight is 431 g/mol. The molecule has 0 bridgehead atoms. The lowest BCUT2D eigenvalue weighted by Gasteiger charge is -2.36. The average Bonchev–Trinajstić information content (AvgIpc) is 3.57. The van der Waals surface area contributed by atoms with Crippen molar-refractivity contribution in [2.75, 3.05) is 32.8 Å². The van der Waals surface area contributed by atoms with Gasteiger partial charge in [0.15, 0.2) is 0 Å². The zero-order valence-corrected chi connectivity index (χ0v) is 17.4.